The van der Waals surface area contributed by atoms with E-state index in [1.807, 2.05) is 43.4 Å². The van der Waals surface area contributed by atoms with Crippen LogP contribution < -0.4 is 10.1 Å². The van der Waals surface area contributed by atoms with E-state index >= 15 is 0 Å². The van der Waals surface area contributed by atoms with Gasteiger partial charge in [0, 0.05) is 16.6 Å². The topological polar surface area (TPSA) is 21.3 Å². The summed E-state index contributed by atoms with van der Waals surface area (Å²) in [5.74, 6) is 1.68. The molecule has 1 N–H and O–H groups in total. The highest BCUT2D eigenvalue weighted by atomic mass is 79.9. The quantitative estimate of drug-likeness (QED) is 0.840. The maximum atomic E-state index is 5.94. The first-order chi connectivity index (χ1) is 8.70. The number of rotatable bonds is 4. The molecule has 0 atom stereocenters. The third kappa shape index (κ3) is 3.34. The van der Waals surface area contributed by atoms with Crippen LogP contribution in [0.1, 0.15) is 5.56 Å². The first-order valence-corrected chi connectivity index (χ1v) is 7.14. The summed E-state index contributed by atoms with van der Waals surface area (Å²) in [4.78, 5) is 0. The van der Waals surface area contributed by atoms with Crippen LogP contribution in [-0.2, 0) is 6.54 Å². The number of nitrogens with one attached hydrogen (secondary N) is 1. The fourth-order valence-corrected chi connectivity index (χ4v) is 2.40. The SMILES string of the molecule is CNCc1cc(Br)ccc1Oc1ccccc1Br. The molecule has 0 aliphatic heterocycles. The molecule has 4 heteroatoms. The zero-order valence-corrected chi connectivity index (χ0v) is 13.1. The molecule has 0 aliphatic carbocycles. The lowest BCUT2D eigenvalue weighted by atomic mass is 10.2. The van der Waals surface area contributed by atoms with E-state index in [1.54, 1.807) is 0 Å². The summed E-state index contributed by atoms with van der Waals surface area (Å²) < 4.78 is 7.94. The van der Waals surface area contributed by atoms with Gasteiger partial charge in [0.1, 0.15) is 11.5 Å². The maximum absolute atomic E-state index is 5.94. The minimum Gasteiger partial charge on any atom is -0.456 e. The molecule has 94 valence electrons. The molecule has 0 unspecified atom stereocenters. The van der Waals surface area contributed by atoms with E-state index in [9.17, 15) is 0 Å². The number of benzene rings is 2. The lowest BCUT2D eigenvalue weighted by molar-refractivity contribution is 0.471. The van der Waals surface area contributed by atoms with Gasteiger partial charge in [0.25, 0.3) is 0 Å². The predicted octanol–water partition coefficient (Wildman–Crippen LogP) is 4.72. The largest absolute Gasteiger partial charge is 0.456 e. The Kier molecular flexibility index (Phi) is 4.80. The molecule has 2 rings (SSSR count). The van der Waals surface area contributed by atoms with Gasteiger partial charge in [-0.2, -0.15) is 0 Å². The molecule has 18 heavy (non-hydrogen) atoms. The van der Waals surface area contributed by atoms with Crippen molar-refractivity contribution in [1.82, 2.24) is 5.32 Å². The highest BCUT2D eigenvalue weighted by Gasteiger charge is 2.07. The molecule has 0 aliphatic rings. The van der Waals surface area contributed by atoms with Gasteiger partial charge in [-0.3, -0.25) is 0 Å². The van der Waals surface area contributed by atoms with Gasteiger partial charge in [0.15, 0.2) is 0 Å². The molecule has 2 aromatic rings. The Morgan fingerprint density at radius 2 is 1.83 bits per heavy atom. The van der Waals surface area contributed by atoms with Crippen LogP contribution in [0.5, 0.6) is 11.5 Å². The molecule has 0 spiro atoms. The second-order valence-corrected chi connectivity index (χ2v) is 5.58. The van der Waals surface area contributed by atoms with Crippen molar-refractivity contribution in [1.29, 1.82) is 0 Å². The van der Waals surface area contributed by atoms with E-state index in [1.165, 1.54) is 0 Å². The third-order valence-corrected chi connectivity index (χ3v) is 3.59. The first-order valence-electron chi connectivity index (χ1n) is 5.56. The minimum absolute atomic E-state index is 0.763. The van der Waals surface area contributed by atoms with E-state index in [0.717, 1.165) is 32.6 Å². The van der Waals surface area contributed by atoms with Crippen LogP contribution in [0, 0.1) is 0 Å². The van der Waals surface area contributed by atoms with Gasteiger partial charge in [-0.1, -0.05) is 28.1 Å². The molecule has 0 bridgehead atoms. The van der Waals surface area contributed by atoms with Crippen molar-refractivity contribution in [3.8, 4) is 11.5 Å². The molecular formula is C14H13Br2NO. The molecular weight excluding hydrogens is 358 g/mol. The van der Waals surface area contributed by atoms with Crippen LogP contribution in [0.3, 0.4) is 0 Å². The minimum atomic E-state index is 0.763. The second kappa shape index (κ2) is 6.36. The first kappa shape index (κ1) is 13.6. The van der Waals surface area contributed by atoms with Gasteiger partial charge in [0.05, 0.1) is 4.47 Å². The molecule has 0 aromatic heterocycles. The Morgan fingerprint density at radius 1 is 1.06 bits per heavy atom. The monoisotopic (exact) mass is 369 g/mol. The van der Waals surface area contributed by atoms with Crippen molar-refractivity contribution in [2.75, 3.05) is 7.05 Å². The molecule has 2 nitrogen and oxygen atoms in total. The summed E-state index contributed by atoms with van der Waals surface area (Å²) in [5, 5.41) is 3.14. The number of hydrogen-bond acceptors (Lipinski definition) is 2. The van der Waals surface area contributed by atoms with Crippen LogP contribution in [0.4, 0.5) is 0 Å². The third-order valence-electron chi connectivity index (χ3n) is 2.45. The Morgan fingerprint density at radius 3 is 2.56 bits per heavy atom. The van der Waals surface area contributed by atoms with Crippen molar-refractivity contribution in [2.45, 2.75) is 6.54 Å². The van der Waals surface area contributed by atoms with Crippen molar-refractivity contribution < 1.29 is 4.74 Å². The van der Waals surface area contributed by atoms with Crippen molar-refractivity contribution >= 4 is 31.9 Å². The number of para-hydroxylation sites is 1. The molecule has 0 amide bonds. The summed E-state index contributed by atoms with van der Waals surface area (Å²) in [6.45, 7) is 0.763. The standard InChI is InChI=1S/C14H13Br2NO/c1-17-9-10-8-11(15)6-7-13(10)18-14-5-3-2-4-12(14)16/h2-8,17H,9H2,1H3. The van der Waals surface area contributed by atoms with Crippen molar-refractivity contribution in [3.05, 3.63) is 57.0 Å². The Bertz CT molecular complexity index is 543. The molecule has 0 radical (unpaired) electrons. The summed E-state index contributed by atoms with van der Waals surface area (Å²) in [6, 6.07) is 13.8. The van der Waals surface area contributed by atoms with Gasteiger partial charge in [-0.15, -0.1) is 0 Å². The molecule has 2 aromatic carbocycles. The molecule has 0 fully saturated rings. The zero-order valence-electron chi connectivity index (χ0n) is 9.91. The van der Waals surface area contributed by atoms with E-state index in [-0.39, 0.29) is 0 Å². The summed E-state index contributed by atoms with van der Waals surface area (Å²) in [6.07, 6.45) is 0. The average molecular weight is 371 g/mol. The zero-order chi connectivity index (χ0) is 13.0. The van der Waals surface area contributed by atoms with E-state index in [2.05, 4.69) is 43.2 Å². The van der Waals surface area contributed by atoms with Crippen LogP contribution >= 0.6 is 31.9 Å². The molecule has 0 heterocycles. The Labute approximate surface area is 124 Å². The van der Waals surface area contributed by atoms with E-state index < -0.39 is 0 Å². The Hall–Kier alpha value is -0.840. The predicted molar refractivity (Wildman–Crippen MR) is 81.1 cm³/mol. The van der Waals surface area contributed by atoms with Crippen LogP contribution in [0.25, 0.3) is 0 Å². The van der Waals surface area contributed by atoms with Gasteiger partial charge in [-0.25, -0.2) is 0 Å². The lowest BCUT2D eigenvalue weighted by Crippen LogP contribution is -2.06. The normalized spacial score (nSPS) is 10.4. The number of halogens is 2. The number of hydrogen-bond donors (Lipinski definition) is 1. The summed E-state index contributed by atoms with van der Waals surface area (Å²) in [7, 11) is 1.92. The molecule has 0 saturated carbocycles. The summed E-state index contributed by atoms with van der Waals surface area (Å²) >= 11 is 6.96. The van der Waals surface area contributed by atoms with Gasteiger partial charge < -0.3 is 10.1 Å². The van der Waals surface area contributed by atoms with E-state index in [0.29, 0.717) is 0 Å². The second-order valence-electron chi connectivity index (χ2n) is 3.81. The average Bonchev–Trinajstić information content (AvgIpc) is 2.35. The van der Waals surface area contributed by atoms with Gasteiger partial charge in [-0.05, 0) is 53.3 Å². The smallest absolute Gasteiger partial charge is 0.141 e. The fraction of sp³-hybridized carbons (Fsp3) is 0.143. The van der Waals surface area contributed by atoms with Crippen LogP contribution in [0.2, 0.25) is 0 Å². The lowest BCUT2D eigenvalue weighted by Gasteiger charge is -2.12. The summed E-state index contributed by atoms with van der Waals surface area (Å²) in [5.41, 5.74) is 1.11. The maximum Gasteiger partial charge on any atom is 0.141 e. The van der Waals surface area contributed by atoms with Gasteiger partial charge >= 0.3 is 0 Å². The van der Waals surface area contributed by atoms with Crippen LogP contribution in [-0.4, -0.2) is 7.05 Å². The van der Waals surface area contributed by atoms with E-state index in [4.69, 9.17) is 4.74 Å². The van der Waals surface area contributed by atoms with Crippen LogP contribution in [0.15, 0.2) is 51.4 Å². The highest BCUT2D eigenvalue weighted by Crippen LogP contribution is 2.32. The van der Waals surface area contributed by atoms with Gasteiger partial charge in [0.2, 0.25) is 0 Å². The Balaban J connectivity index is 2.31. The highest BCUT2D eigenvalue weighted by molar-refractivity contribution is 9.10. The fourth-order valence-electron chi connectivity index (χ4n) is 1.62. The van der Waals surface area contributed by atoms with Crippen molar-refractivity contribution in [3.63, 3.8) is 0 Å². The number of ether oxygens (including phenoxy) is 1. The van der Waals surface area contributed by atoms with Crippen molar-refractivity contribution in [2.24, 2.45) is 0 Å². The molecule has 0 saturated heterocycles.